The largest absolute Gasteiger partial charge is 0.431 e. The van der Waals surface area contributed by atoms with Crippen LogP contribution in [0.25, 0.3) is 10.2 Å². The number of carbonyl (C=O) groups excluding carboxylic acids is 1. The van der Waals surface area contributed by atoms with Gasteiger partial charge in [0.2, 0.25) is 0 Å². The van der Waals surface area contributed by atoms with Crippen LogP contribution in [0.2, 0.25) is 0 Å². The van der Waals surface area contributed by atoms with Gasteiger partial charge in [-0.1, -0.05) is 23.5 Å². The maximum Gasteiger partial charge on any atom is 0.279 e. The second kappa shape index (κ2) is 6.85. The van der Waals surface area contributed by atoms with Gasteiger partial charge in [0, 0.05) is 13.5 Å². The molecule has 0 aliphatic heterocycles. The minimum absolute atomic E-state index is 0.0226. The van der Waals surface area contributed by atoms with E-state index in [1.165, 1.54) is 30.6 Å². The van der Waals surface area contributed by atoms with Crippen molar-refractivity contribution in [2.75, 3.05) is 13.7 Å². The van der Waals surface area contributed by atoms with Gasteiger partial charge >= 0.3 is 0 Å². The van der Waals surface area contributed by atoms with Crippen LogP contribution in [0.15, 0.2) is 42.5 Å². The van der Waals surface area contributed by atoms with E-state index in [9.17, 15) is 9.18 Å². The van der Waals surface area contributed by atoms with E-state index in [0.29, 0.717) is 22.9 Å². The molecule has 6 heteroatoms. The number of rotatable bonds is 6. The monoisotopic (exact) mass is 331 g/mol. The number of hydrogen-bond donors (Lipinski definition) is 0. The number of Topliss-reactive ketones (excluding diaryl/α,β-unsaturated/α-hetero) is 1. The first-order valence-electron chi connectivity index (χ1n) is 6.97. The average molecular weight is 331 g/mol. The quantitative estimate of drug-likeness (QED) is 0.685. The van der Waals surface area contributed by atoms with Crippen LogP contribution in [0.1, 0.15) is 5.56 Å². The third kappa shape index (κ3) is 3.91. The molecule has 0 unspecified atom stereocenters. The van der Waals surface area contributed by atoms with Gasteiger partial charge in [-0.25, -0.2) is 9.37 Å². The van der Waals surface area contributed by atoms with Crippen LogP contribution in [0.3, 0.4) is 0 Å². The van der Waals surface area contributed by atoms with E-state index < -0.39 is 0 Å². The van der Waals surface area contributed by atoms with E-state index in [-0.39, 0.29) is 18.2 Å². The molecule has 0 saturated heterocycles. The van der Waals surface area contributed by atoms with Gasteiger partial charge in [0.25, 0.3) is 5.19 Å². The molecule has 0 fully saturated rings. The molecule has 0 atom stereocenters. The van der Waals surface area contributed by atoms with Crippen molar-refractivity contribution in [3.8, 4) is 10.9 Å². The Balaban J connectivity index is 1.70. The molecular weight excluding hydrogens is 317 g/mol. The van der Waals surface area contributed by atoms with Crippen LogP contribution in [0.4, 0.5) is 4.39 Å². The normalized spacial score (nSPS) is 10.9. The molecule has 0 N–H and O–H groups in total. The highest BCUT2D eigenvalue weighted by Gasteiger charge is 2.08. The van der Waals surface area contributed by atoms with Gasteiger partial charge in [-0.2, -0.15) is 0 Å². The van der Waals surface area contributed by atoms with Gasteiger partial charge in [0.15, 0.2) is 5.78 Å². The second-order valence-electron chi connectivity index (χ2n) is 4.99. The molecule has 3 rings (SSSR count). The number of nitrogens with zero attached hydrogens (tertiary/aromatic N) is 1. The molecule has 0 spiro atoms. The summed E-state index contributed by atoms with van der Waals surface area (Å²) in [5.74, 6) is 0.347. The zero-order valence-corrected chi connectivity index (χ0v) is 13.2. The topological polar surface area (TPSA) is 48.4 Å². The first kappa shape index (κ1) is 15.6. The number of methoxy groups -OCH3 is 1. The fraction of sp³-hybridized carbons (Fsp3) is 0.176. The highest BCUT2D eigenvalue weighted by molar-refractivity contribution is 7.20. The maximum atomic E-state index is 13.2. The predicted molar refractivity (Wildman–Crippen MR) is 86.7 cm³/mol. The molecule has 23 heavy (non-hydrogen) atoms. The lowest BCUT2D eigenvalue weighted by Crippen LogP contribution is -2.09. The molecule has 0 aliphatic rings. The summed E-state index contributed by atoms with van der Waals surface area (Å²) in [4.78, 5) is 15.8. The number of aromatic nitrogens is 1. The Morgan fingerprint density at radius 2 is 2.00 bits per heavy atom. The SMILES string of the molecule is COCC(=O)Cc1ccc(Oc2nc3ccc(F)cc3s2)cc1. The third-order valence-corrected chi connectivity index (χ3v) is 4.06. The number of thiazole rings is 1. The summed E-state index contributed by atoms with van der Waals surface area (Å²) < 4.78 is 24.4. The fourth-order valence-corrected chi connectivity index (χ4v) is 3.00. The average Bonchev–Trinajstić information content (AvgIpc) is 2.91. The molecule has 0 aliphatic carbocycles. The Kier molecular flexibility index (Phi) is 4.64. The van der Waals surface area contributed by atoms with E-state index in [1.54, 1.807) is 18.2 Å². The number of carbonyl (C=O) groups is 1. The number of halogens is 1. The Hall–Kier alpha value is -2.31. The molecule has 0 radical (unpaired) electrons. The highest BCUT2D eigenvalue weighted by atomic mass is 32.1. The maximum absolute atomic E-state index is 13.2. The van der Waals surface area contributed by atoms with Crippen molar-refractivity contribution in [1.82, 2.24) is 4.98 Å². The van der Waals surface area contributed by atoms with Crippen LogP contribution in [0, 0.1) is 5.82 Å². The molecule has 118 valence electrons. The molecule has 0 amide bonds. The summed E-state index contributed by atoms with van der Waals surface area (Å²) in [6, 6.07) is 11.6. The fourth-order valence-electron chi connectivity index (χ4n) is 2.14. The van der Waals surface area contributed by atoms with E-state index in [0.717, 1.165) is 10.3 Å². The molecule has 0 saturated carbocycles. The van der Waals surface area contributed by atoms with Crippen molar-refractivity contribution in [3.05, 3.63) is 53.8 Å². The van der Waals surface area contributed by atoms with Crippen molar-refractivity contribution < 1.29 is 18.7 Å². The van der Waals surface area contributed by atoms with E-state index >= 15 is 0 Å². The Labute approximate surface area is 136 Å². The number of fused-ring (bicyclic) bond motifs is 1. The lowest BCUT2D eigenvalue weighted by molar-refractivity contribution is -0.121. The summed E-state index contributed by atoms with van der Waals surface area (Å²) in [5.41, 5.74) is 1.60. The van der Waals surface area contributed by atoms with Gasteiger partial charge in [-0.3, -0.25) is 4.79 Å². The lowest BCUT2D eigenvalue weighted by Gasteiger charge is -2.04. The van der Waals surface area contributed by atoms with Gasteiger partial charge in [-0.15, -0.1) is 0 Å². The van der Waals surface area contributed by atoms with Gasteiger partial charge in [0.1, 0.15) is 18.2 Å². The van der Waals surface area contributed by atoms with Crippen molar-refractivity contribution >= 4 is 27.3 Å². The minimum atomic E-state index is -0.294. The van der Waals surface area contributed by atoms with Gasteiger partial charge in [-0.05, 0) is 35.9 Å². The second-order valence-corrected chi connectivity index (χ2v) is 5.98. The third-order valence-electron chi connectivity index (χ3n) is 3.17. The molecule has 0 bridgehead atoms. The van der Waals surface area contributed by atoms with Crippen LogP contribution in [0.5, 0.6) is 10.9 Å². The zero-order chi connectivity index (χ0) is 16.2. The molecule has 1 heterocycles. The summed E-state index contributed by atoms with van der Waals surface area (Å²) in [6.45, 7) is 0.112. The van der Waals surface area contributed by atoms with Crippen LogP contribution in [-0.4, -0.2) is 24.5 Å². The van der Waals surface area contributed by atoms with E-state index in [4.69, 9.17) is 9.47 Å². The van der Waals surface area contributed by atoms with Crippen LogP contribution >= 0.6 is 11.3 Å². The van der Waals surface area contributed by atoms with Crippen LogP contribution in [-0.2, 0) is 16.0 Å². The standard InChI is InChI=1S/C17H14FNO3S/c1-21-10-13(20)8-11-2-5-14(6-3-11)22-17-19-15-7-4-12(18)9-16(15)23-17/h2-7,9H,8,10H2,1H3. The van der Waals surface area contributed by atoms with E-state index in [2.05, 4.69) is 4.98 Å². The van der Waals surface area contributed by atoms with Crippen molar-refractivity contribution in [2.24, 2.45) is 0 Å². The Morgan fingerprint density at radius 1 is 1.22 bits per heavy atom. The first-order valence-corrected chi connectivity index (χ1v) is 7.79. The van der Waals surface area contributed by atoms with Gasteiger partial charge in [0.05, 0.1) is 10.2 Å². The van der Waals surface area contributed by atoms with Gasteiger partial charge < -0.3 is 9.47 Å². The number of ether oxygens (including phenoxy) is 2. The highest BCUT2D eigenvalue weighted by Crippen LogP contribution is 2.31. The lowest BCUT2D eigenvalue weighted by atomic mass is 10.1. The predicted octanol–water partition coefficient (Wildman–Crippen LogP) is 3.99. The minimum Gasteiger partial charge on any atom is -0.431 e. The summed E-state index contributed by atoms with van der Waals surface area (Å²) in [6.07, 6.45) is 0.328. The van der Waals surface area contributed by atoms with Crippen molar-refractivity contribution in [3.63, 3.8) is 0 Å². The smallest absolute Gasteiger partial charge is 0.279 e. The number of benzene rings is 2. The molecular formula is C17H14FNO3S. The van der Waals surface area contributed by atoms with Crippen molar-refractivity contribution in [1.29, 1.82) is 0 Å². The molecule has 4 nitrogen and oxygen atoms in total. The summed E-state index contributed by atoms with van der Waals surface area (Å²) >= 11 is 1.28. The molecule has 1 aromatic heterocycles. The summed E-state index contributed by atoms with van der Waals surface area (Å²) in [5, 5.41) is 0.453. The Bertz CT molecular complexity index is 829. The first-order chi connectivity index (χ1) is 11.1. The number of ketones is 1. The Morgan fingerprint density at radius 3 is 2.74 bits per heavy atom. The number of hydrogen-bond acceptors (Lipinski definition) is 5. The molecule has 3 aromatic rings. The van der Waals surface area contributed by atoms with Crippen LogP contribution < -0.4 is 4.74 Å². The molecule has 2 aromatic carbocycles. The summed E-state index contributed by atoms with van der Waals surface area (Å²) in [7, 11) is 1.50. The van der Waals surface area contributed by atoms with E-state index in [1.807, 2.05) is 12.1 Å². The zero-order valence-electron chi connectivity index (χ0n) is 12.4. The van der Waals surface area contributed by atoms with Crippen molar-refractivity contribution in [2.45, 2.75) is 6.42 Å².